The highest BCUT2D eigenvalue weighted by atomic mass is 79.9. The van der Waals surface area contributed by atoms with Crippen molar-refractivity contribution in [3.8, 4) is 0 Å². The molecule has 0 saturated heterocycles. The van der Waals surface area contributed by atoms with E-state index in [1.54, 1.807) is 24.0 Å². The first-order chi connectivity index (χ1) is 9.10. The molecular weight excluding hydrogens is 333 g/mol. The number of hydrogen-bond donors (Lipinski definition) is 1. The Hall–Kier alpha value is -0.910. The van der Waals surface area contributed by atoms with Crippen LogP contribution in [0.2, 0.25) is 5.02 Å². The van der Waals surface area contributed by atoms with Gasteiger partial charge in [-0.3, -0.25) is 4.68 Å². The highest BCUT2D eigenvalue weighted by Crippen LogP contribution is 2.33. The quantitative estimate of drug-likeness (QED) is 0.913. The molecule has 0 aliphatic heterocycles. The van der Waals surface area contributed by atoms with Gasteiger partial charge in [0, 0.05) is 16.6 Å². The molecule has 1 heterocycles. The van der Waals surface area contributed by atoms with E-state index in [0.717, 1.165) is 5.69 Å². The lowest BCUT2D eigenvalue weighted by atomic mass is 10.0. The van der Waals surface area contributed by atoms with Gasteiger partial charge in [0.1, 0.15) is 5.82 Å². The Morgan fingerprint density at radius 2 is 2.26 bits per heavy atom. The van der Waals surface area contributed by atoms with E-state index in [-0.39, 0.29) is 11.9 Å². The number of nitrogens with one attached hydrogen (secondary N) is 1. The van der Waals surface area contributed by atoms with Gasteiger partial charge in [-0.1, -0.05) is 33.6 Å². The number of halogens is 3. The van der Waals surface area contributed by atoms with Crippen molar-refractivity contribution < 1.29 is 4.39 Å². The van der Waals surface area contributed by atoms with Crippen LogP contribution in [0, 0.1) is 5.82 Å². The maximum atomic E-state index is 14.1. The van der Waals surface area contributed by atoms with Crippen LogP contribution in [0.1, 0.15) is 24.2 Å². The molecule has 3 nitrogen and oxygen atoms in total. The normalized spacial score (nSPS) is 12.7. The van der Waals surface area contributed by atoms with Gasteiger partial charge >= 0.3 is 0 Å². The molecule has 102 valence electrons. The lowest BCUT2D eigenvalue weighted by Crippen LogP contribution is -2.23. The molecule has 0 aliphatic rings. The van der Waals surface area contributed by atoms with Crippen LogP contribution in [0.15, 0.2) is 28.9 Å². The molecule has 2 aromatic rings. The zero-order valence-corrected chi connectivity index (χ0v) is 13.0. The van der Waals surface area contributed by atoms with Gasteiger partial charge in [0.15, 0.2) is 0 Å². The summed E-state index contributed by atoms with van der Waals surface area (Å²) in [4.78, 5) is 0. The number of nitrogens with zero attached hydrogens (tertiary/aromatic N) is 2. The SMILES string of the molecule is CCn1ncc(Cl)c1C(NC)c1c(F)cccc1Br. The molecule has 6 heteroatoms. The van der Waals surface area contributed by atoms with Crippen molar-refractivity contribution in [1.29, 1.82) is 0 Å². The summed E-state index contributed by atoms with van der Waals surface area (Å²) in [5, 5.41) is 7.82. The highest BCUT2D eigenvalue weighted by Gasteiger charge is 2.24. The second kappa shape index (κ2) is 6.03. The lowest BCUT2D eigenvalue weighted by Gasteiger charge is -2.20. The van der Waals surface area contributed by atoms with Crippen LogP contribution in [0.4, 0.5) is 4.39 Å². The monoisotopic (exact) mass is 345 g/mol. The first-order valence-electron chi connectivity index (χ1n) is 5.92. The van der Waals surface area contributed by atoms with Crippen molar-refractivity contribution >= 4 is 27.5 Å². The summed E-state index contributed by atoms with van der Waals surface area (Å²) in [7, 11) is 1.77. The molecular formula is C13H14BrClFN3. The predicted octanol–water partition coefficient (Wildman–Crippen LogP) is 3.77. The number of benzene rings is 1. The summed E-state index contributed by atoms with van der Waals surface area (Å²) >= 11 is 9.58. The third kappa shape index (κ3) is 2.68. The summed E-state index contributed by atoms with van der Waals surface area (Å²) in [6.45, 7) is 2.64. The van der Waals surface area contributed by atoms with Crippen molar-refractivity contribution in [3.63, 3.8) is 0 Å². The largest absolute Gasteiger partial charge is 0.308 e. The summed E-state index contributed by atoms with van der Waals surface area (Å²) < 4.78 is 16.6. The first-order valence-corrected chi connectivity index (χ1v) is 7.09. The molecule has 0 aliphatic carbocycles. The maximum Gasteiger partial charge on any atom is 0.129 e. The second-order valence-electron chi connectivity index (χ2n) is 4.05. The van der Waals surface area contributed by atoms with Gasteiger partial charge in [0.25, 0.3) is 0 Å². The minimum Gasteiger partial charge on any atom is -0.308 e. The van der Waals surface area contributed by atoms with E-state index in [0.29, 0.717) is 21.6 Å². The molecule has 2 rings (SSSR count). The van der Waals surface area contributed by atoms with Gasteiger partial charge in [0.2, 0.25) is 0 Å². The zero-order chi connectivity index (χ0) is 14.0. The Balaban J connectivity index is 2.59. The molecule has 1 unspecified atom stereocenters. The van der Waals surface area contributed by atoms with E-state index in [9.17, 15) is 4.39 Å². The summed E-state index contributed by atoms with van der Waals surface area (Å²) in [5.41, 5.74) is 1.29. The van der Waals surface area contributed by atoms with Gasteiger partial charge in [-0.05, 0) is 26.1 Å². The van der Waals surface area contributed by atoms with Crippen molar-refractivity contribution in [3.05, 3.63) is 51.0 Å². The fourth-order valence-corrected chi connectivity index (χ4v) is 2.94. The van der Waals surface area contributed by atoms with Crippen LogP contribution >= 0.6 is 27.5 Å². The zero-order valence-electron chi connectivity index (χ0n) is 10.6. The van der Waals surface area contributed by atoms with Crippen molar-refractivity contribution in [2.45, 2.75) is 19.5 Å². The summed E-state index contributed by atoms with van der Waals surface area (Å²) in [6, 6.07) is 4.55. The summed E-state index contributed by atoms with van der Waals surface area (Å²) in [6.07, 6.45) is 1.58. The van der Waals surface area contributed by atoms with Crippen LogP contribution in [-0.4, -0.2) is 16.8 Å². The Morgan fingerprint density at radius 3 is 2.84 bits per heavy atom. The molecule has 1 aromatic heterocycles. The second-order valence-corrected chi connectivity index (χ2v) is 5.31. The fourth-order valence-electron chi connectivity index (χ4n) is 2.12. The van der Waals surface area contributed by atoms with Crippen molar-refractivity contribution in [1.82, 2.24) is 15.1 Å². The minimum absolute atomic E-state index is 0.284. The average molecular weight is 347 g/mol. The number of aromatic nitrogens is 2. The van der Waals surface area contributed by atoms with E-state index >= 15 is 0 Å². The molecule has 19 heavy (non-hydrogen) atoms. The third-order valence-corrected chi connectivity index (χ3v) is 3.97. The fraction of sp³-hybridized carbons (Fsp3) is 0.308. The molecule has 0 amide bonds. The Bertz CT molecular complexity index is 565. The Labute approximate surface area is 124 Å². The Morgan fingerprint density at radius 1 is 1.53 bits per heavy atom. The van der Waals surface area contributed by atoms with Crippen LogP contribution < -0.4 is 5.32 Å². The van der Waals surface area contributed by atoms with E-state index in [1.165, 1.54) is 6.07 Å². The third-order valence-electron chi connectivity index (χ3n) is 2.98. The first kappa shape index (κ1) is 14.5. The average Bonchev–Trinajstić information content (AvgIpc) is 2.75. The highest BCUT2D eigenvalue weighted by molar-refractivity contribution is 9.10. The van der Waals surface area contributed by atoms with Gasteiger partial charge in [0.05, 0.1) is 23.0 Å². The van der Waals surface area contributed by atoms with E-state index in [1.807, 2.05) is 13.0 Å². The standard InChI is InChI=1S/C13H14BrClFN3/c1-3-19-13(9(15)7-18-19)12(17-2)11-8(14)5-4-6-10(11)16/h4-7,12,17H,3H2,1-2H3. The van der Waals surface area contributed by atoms with E-state index in [4.69, 9.17) is 11.6 Å². The van der Waals surface area contributed by atoms with Gasteiger partial charge in [-0.25, -0.2) is 4.39 Å². The van der Waals surface area contributed by atoms with Crippen LogP contribution in [0.5, 0.6) is 0 Å². The molecule has 0 fully saturated rings. The van der Waals surface area contributed by atoms with Gasteiger partial charge in [-0.2, -0.15) is 5.10 Å². The smallest absolute Gasteiger partial charge is 0.129 e. The van der Waals surface area contributed by atoms with Gasteiger partial charge < -0.3 is 5.32 Å². The van der Waals surface area contributed by atoms with Crippen LogP contribution in [0.25, 0.3) is 0 Å². The molecule has 1 aromatic carbocycles. The van der Waals surface area contributed by atoms with Crippen molar-refractivity contribution in [2.75, 3.05) is 7.05 Å². The summed E-state index contributed by atoms with van der Waals surface area (Å²) in [5.74, 6) is -0.284. The van der Waals surface area contributed by atoms with E-state index < -0.39 is 0 Å². The van der Waals surface area contributed by atoms with Crippen molar-refractivity contribution in [2.24, 2.45) is 0 Å². The number of hydrogen-bond acceptors (Lipinski definition) is 2. The van der Waals surface area contributed by atoms with Crippen LogP contribution in [-0.2, 0) is 6.54 Å². The minimum atomic E-state index is -0.356. The number of rotatable bonds is 4. The van der Waals surface area contributed by atoms with E-state index in [2.05, 4.69) is 26.3 Å². The Kier molecular flexibility index (Phi) is 4.60. The van der Waals surface area contributed by atoms with Gasteiger partial charge in [-0.15, -0.1) is 0 Å². The molecule has 1 N–H and O–H groups in total. The maximum absolute atomic E-state index is 14.1. The molecule has 0 saturated carbocycles. The number of aryl methyl sites for hydroxylation is 1. The molecule has 0 spiro atoms. The van der Waals surface area contributed by atoms with Crippen LogP contribution in [0.3, 0.4) is 0 Å². The molecule has 0 radical (unpaired) electrons. The molecule has 0 bridgehead atoms. The lowest BCUT2D eigenvalue weighted by molar-refractivity contribution is 0.531. The predicted molar refractivity (Wildman–Crippen MR) is 77.9 cm³/mol. The topological polar surface area (TPSA) is 29.9 Å². The molecule has 1 atom stereocenters.